The van der Waals surface area contributed by atoms with Crippen LogP contribution in [0.2, 0.25) is 0 Å². The van der Waals surface area contributed by atoms with Crippen LogP contribution in [0.15, 0.2) is 24.5 Å². The maximum Gasteiger partial charge on any atom is 0.275 e. The van der Waals surface area contributed by atoms with Gasteiger partial charge in [0.2, 0.25) is 0 Å². The summed E-state index contributed by atoms with van der Waals surface area (Å²) in [4.78, 5) is 28.0. The third-order valence-electron chi connectivity index (χ3n) is 5.55. The van der Waals surface area contributed by atoms with Crippen molar-refractivity contribution in [3.63, 3.8) is 0 Å². The Labute approximate surface area is 185 Å². The van der Waals surface area contributed by atoms with E-state index in [0.29, 0.717) is 22.9 Å². The molecule has 0 aliphatic carbocycles. The molecule has 0 unspecified atom stereocenters. The molecular formula is C22H27N5O3S. The van der Waals surface area contributed by atoms with Crippen molar-refractivity contribution in [1.29, 1.82) is 0 Å². The van der Waals surface area contributed by atoms with Crippen molar-refractivity contribution in [2.75, 3.05) is 29.9 Å². The summed E-state index contributed by atoms with van der Waals surface area (Å²) >= 11 is 1.56. The normalized spacial score (nSPS) is 15.5. The Morgan fingerprint density at radius 3 is 2.65 bits per heavy atom. The molecule has 0 spiro atoms. The smallest absolute Gasteiger partial charge is 0.275 e. The van der Waals surface area contributed by atoms with Crippen molar-refractivity contribution < 1.29 is 15.0 Å². The third-order valence-corrected chi connectivity index (χ3v) is 6.63. The number of benzene rings is 1. The van der Waals surface area contributed by atoms with Gasteiger partial charge in [-0.15, -0.1) is 0 Å². The molecule has 1 fully saturated rings. The quantitative estimate of drug-likeness (QED) is 0.558. The lowest BCUT2D eigenvalue weighted by atomic mass is 9.96. The van der Waals surface area contributed by atoms with Crippen LogP contribution in [-0.2, 0) is 5.60 Å². The van der Waals surface area contributed by atoms with Crippen LogP contribution in [0.1, 0.15) is 48.4 Å². The van der Waals surface area contributed by atoms with E-state index in [0.717, 1.165) is 41.3 Å². The first-order valence-corrected chi connectivity index (χ1v) is 11.2. The molecule has 1 aromatic carbocycles. The molecule has 0 bridgehead atoms. The topological polar surface area (TPSA) is 111 Å². The van der Waals surface area contributed by atoms with Crippen LogP contribution in [0.5, 0.6) is 0 Å². The SMILES string of the molecule is Cc1cncc(C(=O)Nc2cc3sc(N4CCC(CO)CC4)nc3cc2C(C)(C)O)n1. The Balaban J connectivity index is 1.66. The highest BCUT2D eigenvalue weighted by molar-refractivity contribution is 7.22. The lowest BCUT2D eigenvalue weighted by molar-refractivity contribution is 0.0794. The molecule has 3 N–H and O–H groups in total. The number of nitrogens with zero attached hydrogens (tertiary/aromatic N) is 4. The van der Waals surface area contributed by atoms with E-state index in [9.17, 15) is 15.0 Å². The van der Waals surface area contributed by atoms with E-state index in [1.807, 2.05) is 12.1 Å². The molecule has 0 saturated carbocycles. The molecule has 2 aromatic heterocycles. The van der Waals surface area contributed by atoms with E-state index >= 15 is 0 Å². The van der Waals surface area contributed by atoms with Crippen LogP contribution in [-0.4, -0.2) is 50.8 Å². The molecule has 8 nitrogen and oxygen atoms in total. The zero-order valence-corrected chi connectivity index (χ0v) is 18.7. The Hall–Kier alpha value is -2.62. The summed E-state index contributed by atoms with van der Waals surface area (Å²) in [6, 6.07) is 3.71. The van der Waals surface area contributed by atoms with Crippen LogP contribution in [0, 0.1) is 12.8 Å². The van der Waals surface area contributed by atoms with Crippen molar-refractivity contribution in [2.45, 2.75) is 39.2 Å². The largest absolute Gasteiger partial charge is 0.396 e. The fourth-order valence-corrected chi connectivity index (χ4v) is 4.81. The molecule has 0 atom stereocenters. The lowest BCUT2D eigenvalue weighted by Crippen LogP contribution is -2.34. The third kappa shape index (κ3) is 4.68. The fourth-order valence-electron chi connectivity index (χ4n) is 3.77. The summed E-state index contributed by atoms with van der Waals surface area (Å²) in [6.07, 6.45) is 4.90. The van der Waals surface area contributed by atoms with Gasteiger partial charge in [0.25, 0.3) is 5.91 Å². The molecule has 1 amide bonds. The van der Waals surface area contributed by atoms with Gasteiger partial charge in [-0.3, -0.25) is 9.78 Å². The molecule has 31 heavy (non-hydrogen) atoms. The van der Waals surface area contributed by atoms with Crippen molar-refractivity contribution in [3.8, 4) is 0 Å². The number of aryl methyl sites for hydroxylation is 1. The van der Waals surface area contributed by atoms with E-state index in [4.69, 9.17) is 4.98 Å². The van der Waals surface area contributed by atoms with Crippen molar-refractivity contribution in [2.24, 2.45) is 5.92 Å². The Morgan fingerprint density at radius 1 is 1.26 bits per heavy atom. The van der Waals surface area contributed by atoms with Gasteiger partial charge in [-0.25, -0.2) is 9.97 Å². The number of piperidine rings is 1. The predicted molar refractivity (Wildman–Crippen MR) is 122 cm³/mol. The standard InChI is InChI=1S/C22H27N5O3S/c1-13-10-23-11-18(24-13)20(29)25-16-9-19-17(8-15(16)22(2,3)30)26-21(31-19)27-6-4-14(12-28)5-7-27/h8-11,14,28,30H,4-7,12H2,1-3H3,(H,25,29). The summed E-state index contributed by atoms with van der Waals surface area (Å²) in [5.74, 6) is -0.0178. The molecular weight excluding hydrogens is 414 g/mol. The van der Waals surface area contributed by atoms with Gasteiger partial charge < -0.3 is 20.4 Å². The van der Waals surface area contributed by atoms with E-state index in [2.05, 4.69) is 20.2 Å². The van der Waals surface area contributed by atoms with Crippen molar-refractivity contribution in [3.05, 3.63) is 41.5 Å². The van der Waals surface area contributed by atoms with Gasteiger partial charge in [0.05, 0.1) is 27.7 Å². The minimum absolute atomic E-state index is 0.221. The molecule has 4 rings (SSSR count). The summed E-state index contributed by atoms with van der Waals surface area (Å²) in [5, 5.41) is 23.9. The van der Waals surface area contributed by atoms with Crippen LogP contribution < -0.4 is 10.2 Å². The second kappa shape index (κ2) is 8.49. The van der Waals surface area contributed by atoms with E-state index in [1.165, 1.54) is 6.20 Å². The maximum absolute atomic E-state index is 12.8. The van der Waals surface area contributed by atoms with Crippen LogP contribution in [0.3, 0.4) is 0 Å². The Bertz CT molecular complexity index is 1100. The first kappa shape index (κ1) is 21.6. The molecule has 1 saturated heterocycles. The monoisotopic (exact) mass is 441 g/mol. The minimum atomic E-state index is -1.17. The van der Waals surface area contributed by atoms with E-state index < -0.39 is 5.60 Å². The maximum atomic E-state index is 12.8. The average molecular weight is 442 g/mol. The average Bonchev–Trinajstić information content (AvgIpc) is 3.15. The number of nitrogens with one attached hydrogen (secondary N) is 1. The number of amides is 1. The van der Waals surface area contributed by atoms with E-state index in [-0.39, 0.29) is 18.2 Å². The summed E-state index contributed by atoms with van der Waals surface area (Å²) in [5.41, 5.74) is 1.61. The molecule has 9 heteroatoms. The fraction of sp³-hybridized carbons (Fsp3) is 0.455. The summed E-state index contributed by atoms with van der Waals surface area (Å²) < 4.78 is 0.929. The van der Waals surface area contributed by atoms with Gasteiger partial charge in [0, 0.05) is 37.1 Å². The number of aliphatic hydroxyl groups excluding tert-OH is 1. The van der Waals surface area contributed by atoms with Crippen LogP contribution in [0.25, 0.3) is 10.2 Å². The first-order valence-electron chi connectivity index (χ1n) is 10.4. The van der Waals surface area contributed by atoms with Gasteiger partial charge in [-0.05, 0) is 51.7 Å². The Kier molecular flexibility index (Phi) is 5.92. The van der Waals surface area contributed by atoms with Crippen molar-refractivity contribution >= 4 is 38.3 Å². The highest BCUT2D eigenvalue weighted by Crippen LogP contribution is 2.37. The second-order valence-corrected chi connectivity index (χ2v) is 9.54. The zero-order chi connectivity index (χ0) is 22.2. The number of thiazole rings is 1. The van der Waals surface area contributed by atoms with Gasteiger partial charge >= 0.3 is 0 Å². The number of hydrogen-bond donors (Lipinski definition) is 3. The highest BCUT2D eigenvalue weighted by atomic mass is 32.1. The van der Waals surface area contributed by atoms with Gasteiger partial charge in [0.1, 0.15) is 5.69 Å². The lowest BCUT2D eigenvalue weighted by Gasteiger charge is -2.30. The van der Waals surface area contributed by atoms with Gasteiger partial charge in [-0.1, -0.05) is 11.3 Å². The number of aliphatic hydroxyl groups is 2. The Morgan fingerprint density at radius 2 is 2.00 bits per heavy atom. The molecule has 0 radical (unpaired) electrons. The van der Waals surface area contributed by atoms with E-state index in [1.54, 1.807) is 38.3 Å². The minimum Gasteiger partial charge on any atom is -0.396 e. The number of rotatable bonds is 5. The first-order chi connectivity index (χ1) is 14.7. The molecule has 3 aromatic rings. The predicted octanol–water partition coefficient (Wildman–Crippen LogP) is 3.08. The number of fused-ring (bicyclic) bond motifs is 1. The molecule has 3 heterocycles. The summed E-state index contributed by atoms with van der Waals surface area (Å²) in [7, 11) is 0. The molecule has 1 aliphatic heterocycles. The number of hydrogen-bond acceptors (Lipinski definition) is 8. The number of aromatic nitrogens is 3. The number of carbonyl (C=O) groups excluding carboxylic acids is 1. The molecule has 164 valence electrons. The second-order valence-electron chi connectivity index (χ2n) is 8.53. The summed E-state index contributed by atoms with van der Waals surface area (Å²) in [6.45, 7) is 7.10. The van der Waals surface area contributed by atoms with Crippen LogP contribution >= 0.6 is 11.3 Å². The van der Waals surface area contributed by atoms with Crippen LogP contribution in [0.4, 0.5) is 10.8 Å². The molecule has 1 aliphatic rings. The van der Waals surface area contributed by atoms with Gasteiger partial charge in [0.15, 0.2) is 5.13 Å². The van der Waals surface area contributed by atoms with Gasteiger partial charge in [-0.2, -0.15) is 0 Å². The van der Waals surface area contributed by atoms with Crippen molar-refractivity contribution in [1.82, 2.24) is 15.0 Å². The number of anilines is 2. The number of carbonyl (C=O) groups is 1. The highest BCUT2D eigenvalue weighted by Gasteiger charge is 2.25. The zero-order valence-electron chi connectivity index (χ0n) is 17.9.